The monoisotopic (exact) mass is 531 g/mol. The number of aromatic nitrogens is 4. The molecule has 0 unspecified atom stereocenters. The Bertz CT molecular complexity index is 1540. The Morgan fingerprint density at radius 3 is 2.53 bits per heavy atom. The predicted molar refractivity (Wildman–Crippen MR) is 118 cm³/mol. The van der Waals surface area contributed by atoms with Crippen LogP contribution in [0.3, 0.4) is 0 Å². The first kappa shape index (κ1) is 23.1. The van der Waals surface area contributed by atoms with Gasteiger partial charge in [-0.2, -0.15) is 28.1 Å². The molecule has 2 aromatic heterocycles. The Hall–Kier alpha value is -4.11. The predicted octanol–water partition coefficient (Wildman–Crippen LogP) is 4.98. The van der Waals surface area contributed by atoms with Crippen molar-refractivity contribution in [3.05, 3.63) is 86.5 Å². The summed E-state index contributed by atoms with van der Waals surface area (Å²) in [5, 5.41) is 23.1. The molecule has 4 rings (SSSR count). The zero-order chi connectivity index (χ0) is 24.8. The molecule has 1 N–H and O–H groups in total. The maximum Gasteiger partial charge on any atom is 0.420 e. The molecule has 0 radical (unpaired) electrons. The van der Waals surface area contributed by atoms with Gasteiger partial charge in [-0.1, -0.05) is 6.07 Å². The van der Waals surface area contributed by atoms with Crippen LogP contribution < -0.4 is 5.69 Å². The van der Waals surface area contributed by atoms with Crippen LogP contribution in [-0.4, -0.2) is 30.1 Å². The van der Waals surface area contributed by atoms with E-state index in [-0.39, 0.29) is 22.8 Å². The molecule has 2 aromatic carbocycles. The highest BCUT2D eigenvalue weighted by atomic mass is 79.9. The van der Waals surface area contributed by atoms with E-state index >= 15 is 0 Å². The highest BCUT2D eigenvalue weighted by molar-refractivity contribution is 9.10. The van der Waals surface area contributed by atoms with Crippen molar-refractivity contribution >= 4 is 22.0 Å². The zero-order valence-electron chi connectivity index (χ0n) is 17.2. The van der Waals surface area contributed by atoms with Crippen molar-refractivity contribution in [3.8, 4) is 28.8 Å². The molecule has 0 saturated carbocycles. The minimum atomic E-state index is -4.64. The summed E-state index contributed by atoms with van der Waals surface area (Å²) in [6, 6.07) is 12.3. The van der Waals surface area contributed by atoms with Gasteiger partial charge in [0.25, 0.3) is 0 Å². The third-order valence-corrected chi connectivity index (χ3v) is 5.70. The van der Waals surface area contributed by atoms with Crippen molar-refractivity contribution in [1.82, 2.24) is 18.9 Å². The van der Waals surface area contributed by atoms with Crippen molar-refractivity contribution in [1.29, 1.82) is 5.26 Å². The van der Waals surface area contributed by atoms with Crippen LogP contribution in [0.5, 0.6) is 0 Å². The van der Waals surface area contributed by atoms with Gasteiger partial charge in [-0.05, 0) is 65.3 Å². The Morgan fingerprint density at radius 1 is 1.18 bits per heavy atom. The molecule has 0 aliphatic rings. The van der Waals surface area contributed by atoms with Crippen LogP contribution in [0.25, 0.3) is 22.8 Å². The Balaban J connectivity index is 1.89. The number of nitrogens with zero attached hydrogens (tertiary/aromatic N) is 5. The lowest BCUT2D eigenvalue weighted by atomic mass is 10.2. The Morgan fingerprint density at radius 2 is 1.91 bits per heavy atom. The topological polar surface area (TPSA) is 106 Å². The van der Waals surface area contributed by atoms with Crippen LogP contribution in [0.4, 0.5) is 18.0 Å². The minimum Gasteiger partial charge on any atom is -0.464 e. The number of halogens is 4. The van der Waals surface area contributed by atoms with Crippen molar-refractivity contribution in [2.24, 2.45) is 0 Å². The normalized spacial score (nSPS) is 11.4. The second-order valence-corrected chi connectivity index (χ2v) is 8.00. The minimum absolute atomic E-state index is 0.0848. The molecule has 0 atom stereocenters. The molecule has 0 saturated heterocycles. The lowest BCUT2D eigenvalue weighted by Gasteiger charge is -2.10. The van der Waals surface area contributed by atoms with Gasteiger partial charge in [-0.15, -0.1) is 0 Å². The highest BCUT2D eigenvalue weighted by Crippen LogP contribution is 2.31. The first-order chi connectivity index (χ1) is 16.0. The molecular formula is C22H13BrF3N5O3. The van der Waals surface area contributed by atoms with Crippen LogP contribution in [-0.2, 0) is 6.18 Å². The van der Waals surface area contributed by atoms with Crippen molar-refractivity contribution in [3.63, 3.8) is 0 Å². The summed E-state index contributed by atoms with van der Waals surface area (Å²) in [6.07, 6.45) is -4.72. The summed E-state index contributed by atoms with van der Waals surface area (Å²) in [5.74, 6) is 0. The molecule has 0 aliphatic carbocycles. The zero-order valence-corrected chi connectivity index (χ0v) is 18.8. The quantitative estimate of drug-likeness (QED) is 0.401. The number of nitriles is 1. The maximum absolute atomic E-state index is 13.2. The van der Waals surface area contributed by atoms with Gasteiger partial charge in [0.1, 0.15) is 11.4 Å². The number of carboxylic acid groups (broad SMARTS) is 1. The average molecular weight is 532 g/mol. The van der Waals surface area contributed by atoms with Gasteiger partial charge in [0.05, 0.1) is 34.3 Å². The number of rotatable bonds is 3. The highest BCUT2D eigenvalue weighted by Gasteiger charge is 2.31. The van der Waals surface area contributed by atoms with E-state index in [2.05, 4.69) is 21.0 Å². The summed E-state index contributed by atoms with van der Waals surface area (Å²) in [4.78, 5) is 24.9. The van der Waals surface area contributed by atoms with E-state index in [1.807, 2.05) is 6.07 Å². The smallest absolute Gasteiger partial charge is 0.420 e. The van der Waals surface area contributed by atoms with Gasteiger partial charge in [0.15, 0.2) is 0 Å². The van der Waals surface area contributed by atoms with Crippen LogP contribution >= 0.6 is 15.9 Å². The number of benzene rings is 2. The molecule has 0 aliphatic heterocycles. The van der Waals surface area contributed by atoms with Crippen LogP contribution in [0.2, 0.25) is 0 Å². The summed E-state index contributed by atoms with van der Waals surface area (Å²) < 4.78 is 42.9. The first-order valence-electron chi connectivity index (χ1n) is 9.54. The molecule has 0 bridgehead atoms. The summed E-state index contributed by atoms with van der Waals surface area (Å²) in [7, 11) is 0. The number of hydrogen-bond donors (Lipinski definition) is 1. The van der Waals surface area contributed by atoms with E-state index in [1.54, 1.807) is 18.2 Å². The molecule has 172 valence electrons. The van der Waals surface area contributed by atoms with E-state index in [4.69, 9.17) is 5.26 Å². The molecule has 4 aromatic rings. The largest absolute Gasteiger partial charge is 0.464 e. The van der Waals surface area contributed by atoms with Gasteiger partial charge in [-0.3, -0.25) is 4.57 Å². The third kappa shape index (κ3) is 3.90. The fourth-order valence-electron chi connectivity index (χ4n) is 3.56. The molecule has 0 fully saturated rings. The third-order valence-electron chi connectivity index (χ3n) is 5.06. The van der Waals surface area contributed by atoms with Crippen LogP contribution in [0.15, 0.2) is 64.0 Å². The van der Waals surface area contributed by atoms with Gasteiger partial charge in [0, 0.05) is 10.7 Å². The standard InChI is InChI=1S/C22H13BrF3N5O3/c1-12-19(17-7-8-29(28-17)18-6-5-13(11-27)9-16(18)23)31(21(33)34)20(32)30(12)15-4-2-3-14(10-15)22(24,25)26/h2-10H,1H3,(H,33,34). The second kappa shape index (κ2) is 8.35. The molecule has 34 heavy (non-hydrogen) atoms. The maximum atomic E-state index is 13.2. The number of alkyl halides is 3. The average Bonchev–Trinajstić information content (AvgIpc) is 3.35. The van der Waals surface area contributed by atoms with Crippen molar-refractivity contribution < 1.29 is 23.1 Å². The lowest BCUT2D eigenvalue weighted by Crippen LogP contribution is -2.28. The molecule has 0 amide bonds. The SMILES string of the molecule is Cc1c(-c2ccn(-c3ccc(C#N)cc3Br)n2)n(C(=O)O)c(=O)n1-c1cccc(C(F)(F)F)c1. The van der Waals surface area contributed by atoms with E-state index in [0.29, 0.717) is 20.3 Å². The number of hydrogen-bond acceptors (Lipinski definition) is 4. The molecule has 12 heteroatoms. The molecule has 8 nitrogen and oxygen atoms in total. The number of imidazole rings is 1. The Labute approximate surface area is 197 Å². The van der Waals surface area contributed by atoms with Crippen molar-refractivity contribution in [2.45, 2.75) is 13.1 Å². The van der Waals surface area contributed by atoms with E-state index in [0.717, 1.165) is 22.8 Å². The molecule has 2 heterocycles. The molecular weight excluding hydrogens is 519 g/mol. The summed E-state index contributed by atoms with van der Waals surface area (Å²) in [6.45, 7) is 1.42. The van der Waals surface area contributed by atoms with Crippen LogP contribution in [0, 0.1) is 18.3 Å². The summed E-state index contributed by atoms with van der Waals surface area (Å²) in [5.41, 5.74) is -1.08. The fraction of sp³-hybridized carbons (Fsp3) is 0.0909. The van der Waals surface area contributed by atoms with Gasteiger partial charge < -0.3 is 5.11 Å². The van der Waals surface area contributed by atoms with Gasteiger partial charge >= 0.3 is 18.0 Å². The molecule has 0 spiro atoms. The van der Waals surface area contributed by atoms with E-state index in [9.17, 15) is 27.9 Å². The number of carbonyl (C=O) groups is 1. The first-order valence-corrected chi connectivity index (χ1v) is 10.3. The fourth-order valence-corrected chi connectivity index (χ4v) is 4.12. The lowest BCUT2D eigenvalue weighted by molar-refractivity contribution is -0.137. The van der Waals surface area contributed by atoms with Gasteiger partial charge in [-0.25, -0.2) is 14.3 Å². The van der Waals surface area contributed by atoms with Crippen LogP contribution in [0.1, 0.15) is 16.8 Å². The Kier molecular flexibility index (Phi) is 5.66. The summed E-state index contributed by atoms with van der Waals surface area (Å²) >= 11 is 3.35. The van der Waals surface area contributed by atoms with E-state index < -0.39 is 23.5 Å². The van der Waals surface area contributed by atoms with E-state index in [1.165, 1.54) is 29.9 Å². The van der Waals surface area contributed by atoms with Crippen molar-refractivity contribution in [2.75, 3.05) is 0 Å². The second-order valence-electron chi connectivity index (χ2n) is 7.14. The van der Waals surface area contributed by atoms with Gasteiger partial charge in [0.2, 0.25) is 0 Å².